The highest BCUT2D eigenvalue weighted by Gasteiger charge is 2.27. The third-order valence-corrected chi connectivity index (χ3v) is 8.74. The lowest BCUT2D eigenvalue weighted by atomic mass is 10.1. The Labute approximate surface area is 290 Å². The average molecular weight is 720 g/mol. The number of allylic oxidation sites excluding steroid dienone is 7. The third kappa shape index (κ3) is 28.7. The zero-order valence-electron chi connectivity index (χ0n) is 28.5. The lowest BCUT2D eigenvalue weighted by Crippen LogP contribution is -2.40. The highest BCUT2D eigenvalue weighted by atomic mass is 32.2. The number of esters is 2. The second-order valence-corrected chi connectivity index (χ2v) is 13.8. The lowest BCUT2D eigenvalue weighted by Gasteiger charge is -2.23. The molecule has 12 nitrogen and oxygen atoms in total. The topological polar surface area (TPSA) is 203 Å². The number of carbonyl (C=O) groups excluding carboxylic acids is 2. The average Bonchev–Trinajstić information content (AvgIpc) is 3.03. The zero-order valence-corrected chi connectivity index (χ0v) is 30.2. The van der Waals surface area contributed by atoms with Gasteiger partial charge >= 0.3 is 25.7 Å². The van der Waals surface area contributed by atoms with E-state index in [1.165, 1.54) is 31.0 Å². The van der Waals surface area contributed by atoms with E-state index in [9.17, 15) is 24.1 Å². The monoisotopic (exact) mass is 719 g/mol. The van der Waals surface area contributed by atoms with E-state index in [1.807, 2.05) is 18.2 Å². The van der Waals surface area contributed by atoms with E-state index in [1.54, 1.807) is 18.2 Å². The van der Waals surface area contributed by atoms with Crippen molar-refractivity contribution < 1.29 is 52.9 Å². The number of carboxylic acid groups (broad SMARTS) is 1. The van der Waals surface area contributed by atoms with Crippen molar-refractivity contribution in [2.24, 2.45) is 5.73 Å². The fraction of sp³-hybridized carbons (Fsp3) is 0.676. The fourth-order valence-electron chi connectivity index (χ4n) is 4.15. The van der Waals surface area contributed by atoms with Gasteiger partial charge in [0.15, 0.2) is 6.10 Å². The molecule has 0 aliphatic carbocycles. The van der Waals surface area contributed by atoms with E-state index >= 15 is 0 Å². The molecular weight excluding hydrogens is 661 g/mol. The van der Waals surface area contributed by atoms with E-state index in [0.717, 1.165) is 38.5 Å². The molecule has 0 spiro atoms. The number of phosphoric ester groups is 1. The van der Waals surface area contributed by atoms with Gasteiger partial charge in [-0.05, 0) is 38.5 Å². The quantitative estimate of drug-likeness (QED) is 0.0186. The SMILES string of the molecule is CCCCC/C=C\C\C=C/C=C/C=C/[C@@H](SC[C@H](N)C(=O)O[C@H](COC(=O)CCCCCCC)COP(=O)(O)O)[C@@H](O)CCCC(=O)O. The van der Waals surface area contributed by atoms with Gasteiger partial charge < -0.3 is 35.2 Å². The van der Waals surface area contributed by atoms with Gasteiger partial charge in [0.05, 0.1) is 12.7 Å². The Hall–Kier alpha value is -2.25. The summed E-state index contributed by atoms with van der Waals surface area (Å²) < 4.78 is 26.1. The smallest absolute Gasteiger partial charge is 0.469 e. The Bertz CT molecular complexity index is 1040. The van der Waals surface area contributed by atoms with Crippen molar-refractivity contribution in [1.82, 2.24) is 0 Å². The van der Waals surface area contributed by atoms with Crippen LogP contribution in [0.5, 0.6) is 0 Å². The van der Waals surface area contributed by atoms with Gasteiger partial charge in [-0.3, -0.25) is 18.9 Å². The molecule has 0 amide bonds. The Morgan fingerprint density at radius 2 is 1.54 bits per heavy atom. The van der Waals surface area contributed by atoms with Crippen LogP contribution in [0.2, 0.25) is 0 Å². The van der Waals surface area contributed by atoms with Crippen LogP contribution >= 0.6 is 19.6 Å². The summed E-state index contributed by atoms with van der Waals surface area (Å²) in [5, 5.41) is 19.2. The van der Waals surface area contributed by atoms with E-state index in [4.69, 9.17) is 30.1 Å². The molecule has 0 bridgehead atoms. The van der Waals surface area contributed by atoms with Gasteiger partial charge in [-0.15, -0.1) is 11.8 Å². The van der Waals surface area contributed by atoms with Crippen molar-refractivity contribution >= 4 is 37.5 Å². The number of ether oxygens (including phenoxy) is 2. The number of hydrogen-bond donors (Lipinski definition) is 5. The Kier molecular flexibility index (Phi) is 28.3. The number of carbonyl (C=O) groups is 3. The second kappa shape index (κ2) is 29.6. The number of aliphatic hydroxyl groups excluding tert-OH is 1. The summed E-state index contributed by atoms with van der Waals surface area (Å²) >= 11 is 1.17. The summed E-state index contributed by atoms with van der Waals surface area (Å²) in [5.74, 6) is -2.41. The van der Waals surface area contributed by atoms with Crippen LogP contribution in [-0.2, 0) is 32.9 Å². The fourth-order valence-corrected chi connectivity index (χ4v) is 5.63. The first-order valence-electron chi connectivity index (χ1n) is 16.9. The van der Waals surface area contributed by atoms with Gasteiger partial charge in [0, 0.05) is 23.8 Å². The lowest BCUT2D eigenvalue weighted by molar-refractivity contribution is -0.161. The highest BCUT2D eigenvalue weighted by molar-refractivity contribution is 8.00. The number of nitrogens with two attached hydrogens (primary N) is 1. The molecule has 0 aromatic heterocycles. The first-order chi connectivity index (χ1) is 22.9. The van der Waals surface area contributed by atoms with E-state index in [0.29, 0.717) is 6.42 Å². The molecule has 0 aliphatic rings. The molecule has 0 heterocycles. The molecule has 0 aromatic carbocycles. The molecule has 0 aromatic rings. The number of aliphatic carboxylic acids is 1. The minimum Gasteiger partial charge on any atom is -0.481 e. The van der Waals surface area contributed by atoms with Crippen molar-refractivity contribution in [3.05, 3.63) is 48.6 Å². The molecule has 0 unspecified atom stereocenters. The van der Waals surface area contributed by atoms with Crippen LogP contribution in [0.4, 0.5) is 0 Å². The van der Waals surface area contributed by atoms with Crippen molar-refractivity contribution in [2.75, 3.05) is 19.0 Å². The number of hydrogen-bond acceptors (Lipinski definition) is 10. The highest BCUT2D eigenvalue weighted by Crippen LogP contribution is 2.36. The normalized spacial score (nSPS) is 15.0. The first kappa shape index (κ1) is 45.8. The van der Waals surface area contributed by atoms with Crippen molar-refractivity contribution in [3.8, 4) is 0 Å². The van der Waals surface area contributed by atoms with E-state index in [2.05, 4.69) is 30.5 Å². The number of rotatable bonds is 30. The number of phosphoric acid groups is 1. The van der Waals surface area contributed by atoms with Gasteiger partial charge in [-0.2, -0.15) is 0 Å². The molecule has 14 heteroatoms. The van der Waals surface area contributed by atoms with Crippen molar-refractivity contribution in [3.63, 3.8) is 0 Å². The van der Waals surface area contributed by atoms with Gasteiger partial charge in [0.25, 0.3) is 0 Å². The molecule has 0 saturated carbocycles. The number of thioether (sulfide) groups is 1. The van der Waals surface area contributed by atoms with Gasteiger partial charge in [0.1, 0.15) is 12.6 Å². The molecule has 0 fully saturated rings. The molecule has 0 aliphatic heterocycles. The minimum absolute atomic E-state index is 0.00164. The summed E-state index contributed by atoms with van der Waals surface area (Å²) in [7, 11) is -4.90. The molecule has 0 rings (SSSR count). The van der Waals surface area contributed by atoms with Gasteiger partial charge in [-0.1, -0.05) is 101 Å². The maximum atomic E-state index is 12.8. The van der Waals surface area contributed by atoms with E-state index in [-0.39, 0.29) is 31.4 Å². The van der Waals surface area contributed by atoms with Gasteiger partial charge in [-0.25, -0.2) is 4.57 Å². The van der Waals surface area contributed by atoms with Crippen LogP contribution in [0.3, 0.4) is 0 Å². The molecule has 6 N–H and O–H groups in total. The first-order valence-corrected chi connectivity index (χ1v) is 19.5. The summed E-state index contributed by atoms with van der Waals surface area (Å²) in [6.07, 6.45) is 23.8. The zero-order chi connectivity index (χ0) is 36.0. The summed E-state index contributed by atoms with van der Waals surface area (Å²) in [6, 6.07) is -1.20. The summed E-state index contributed by atoms with van der Waals surface area (Å²) in [5.41, 5.74) is 6.06. The second-order valence-electron chi connectivity index (χ2n) is 11.4. The van der Waals surface area contributed by atoms with Crippen LogP contribution < -0.4 is 5.73 Å². The number of unbranched alkanes of at least 4 members (excludes halogenated alkanes) is 7. The standard InChI is InChI=1S/C34H58NO11PS/c1-3-5-7-9-10-11-12-13-14-15-17-18-22-31(30(36)21-20-23-32(37)38)48-27-29(35)34(40)46-28(26-45-47(41,42)43)25-44-33(39)24-19-16-8-6-4-2/h10-11,13-15,17-18,22,28-31,36H,3-9,12,16,19-21,23-27,35H2,1-2H3,(H,37,38)(H2,41,42,43)/b11-10-,14-13-,17-15+,22-18+/t28-,29+,30+,31-/m1/s1. The molecular formula is C34H58NO11PS. The Morgan fingerprint density at radius 1 is 0.854 bits per heavy atom. The van der Waals surface area contributed by atoms with E-state index < -0.39 is 62.4 Å². The summed E-state index contributed by atoms with van der Waals surface area (Å²) in [6.45, 7) is 3.07. The maximum absolute atomic E-state index is 12.8. The van der Waals surface area contributed by atoms with Crippen molar-refractivity contribution in [2.45, 2.75) is 127 Å². The van der Waals surface area contributed by atoms with Crippen molar-refractivity contribution in [1.29, 1.82) is 0 Å². The van der Waals surface area contributed by atoms with Crippen LogP contribution in [0, 0.1) is 0 Å². The van der Waals surface area contributed by atoms with Crippen LogP contribution in [0.25, 0.3) is 0 Å². The molecule has 48 heavy (non-hydrogen) atoms. The Balaban J connectivity index is 5.17. The maximum Gasteiger partial charge on any atom is 0.469 e. The van der Waals surface area contributed by atoms with Crippen LogP contribution in [0.1, 0.15) is 104 Å². The van der Waals surface area contributed by atoms with Crippen LogP contribution in [0.15, 0.2) is 48.6 Å². The largest absolute Gasteiger partial charge is 0.481 e. The molecule has 0 radical (unpaired) electrons. The predicted molar refractivity (Wildman–Crippen MR) is 189 cm³/mol. The summed E-state index contributed by atoms with van der Waals surface area (Å²) in [4.78, 5) is 54.0. The third-order valence-electron chi connectivity index (χ3n) is 6.85. The Morgan fingerprint density at radius 3 is 2.23 bits per heavy atom. The molecule has 4 atom stereocenters. The van der Waals surface area contributed by atoms with Crippen LogP contribution in [-0.4, -0.2) is 80.4 Å². The minimum atomic E-state index is -4.90. The molecule has 276 valence electrons. The molecule has 0 saturated heterocycles. The number of aliphatic hydroxyl groups is 1. The number of carboxylic acids is 1. The van der Waals surface area contributed by atoms with Gasteiger partial charge in [0.2, 0.25) is 0 Å². The predicted octanol–water partition coefficient (Wildman–Crippen LogP) is 6.15.